The van der Waals surface area contributed by atoms with Gasteiger partial charge in [-0.3, -0.25) is 0 Å². The van der Waals surface area contributed by atoms with Crippen molar-refractivity contribution >= 4 is 35.6 Å². The van der Waals surface area contributed by atoms with Crippen molar-refractivity contribution < 1.29 is 0 Å². The smallest absolute Gasteiger partial charge is 0.194 e. The summed E-state index contributed by atoms with van der Waals surface area (Å²) in [6.45, 7) is 12.7. The van der Waals surface area contributed by atoms with Crippen molar-refractivity contribution in [3.63, 3.8) is 0 Å². The van der Waals surface area contributed by atoms with Crippen molar-refractivity contribution in [2.75, 3.05) is 37.6 Å². The zero-order valence-corrected chi connectivity index (χ0v) is 18.0. The number of aliphatic imine (C=N–C) groups is 1. The minimum absolute atomic E-state index is 0. The van der Waals surface area contributed by atoms with Crippen molar-refractivity contribution in [3.8, 4) is 0 Å². The fraction of sp³-hybridized carbons (Fsp3) is 0.550. The fourth-order valence-electron chi connectivity index (χ4n) is 3.43. The molecule has 0 aromatic heterocycles. The van der Waals surface area contributed by atoms with Crippen LogP contribution in [0.5, 0.6) is 0 Å². The minimum atomic E-state index is 0. The number of nitrogens with zero attached hydrogens (tertiary/aromatic N) is 3. The maximum Gasteiger partial charge on any atom is 0.194 e. The Kier molecular flexibility index (Phi) is 7.16. The van der Waals surface area contributed by atoms with Gasteiger partial charge in [0.05, 0.1) is 6.54 Å². The highest BCUT2D eigenvalue weighted by atomic mass is 127. The Hall–Kier alpha value is -1.24. The summed E-state index contributed by atoms with van der Waals surface area (Å²) in [5.41, 5.74) is 2.95. The molecule has 2 aliphatic heterocycles. The molecule has 0 spiro atoms. The Morgan fingerprint density at radius 2 is 2.00 bits per heavy atom. The molecule has 1 aromatic rings. The predicted molar refractivity (Wildman–Crippen MR) is 118 cm³/mol. The van der Waals surface area contributed by atoms with Gasteiger partial charge in [0.15, 0.2) is 5.96 Å². The van der Waals surface area contributed by atoms with E-state index in [1.54, 1.807) is 0 Å². The topological polar surface area (TPSA) is 30.9 Å². The second-order valence-electron chi connectivity index (χ2n) is 7.55. The van der Waals surface area contributed by atoms with E-state index in [0.29, 0.717) is 5.41 Å². The van der Waals surface area contributed by atoms with Crippen LogP contribution in [-0.2, 0) is 6.54 Å². The van der Waals surface area contributed by atoms with E-state index in [1.807, 2.05) is 0 Å². The number of benzene rings is 1. The highest BCUT2D eigenvalue weighted by molar-refractivity contribution is 14.0. The average Bonchev–Trinajstić information content (AvgIpc) is 3.21. The quantitative estimate of drug-likeness (QED) is 0.324. The number of guanidine groups is 1. The van der Waals surface area contributed by atoms with Crippen LogP contribution in [0.2, 0.25) is 0 Å². The number of likely N-dealkylation sites (tertiary alicyclic amines) is 1. The average molecular weight is 454 g/mol. The van der Waals surface area contributed by atoms with Crippen LogP contribution in [0.15, 0.2) is 41.4 Å². The summed E-state index contributed by atoms with van der Waals surface area (Å²) in [4.78, 5) is 9.67. The highest BCUT2D eigenvalue weighted by Crippen LogP contribution is 2.28. The predicted octanol–water partition coefficient (Wildman–Crippen LogP) is 3.88. The third kappa shape index (κ3) is 5.36. The third-order valence-corrected chi connectivity index (χ3v) is 4.82. The standard InChI is InChI=1S/C20H30N4.HI/c1-4-21-19(24-13-10-20(2,3)16-24)22-15-17-8-7-9-18(14-17)23-11-5-6-12-23;/h5-9,14H,4,10-13,15-16H2,1-3H3,(H,21,22);1H. The molecule has 3 rings (SSSR count). The van der Waals surface area contributed by atoms with Crippen molar-refractivity contribution in [2.45, 2.75) is 33.7 Å². The lowest BCUT2D eigenvalue weighted by Crippen LogP contribution is -2.40. The SMILES string of the molecule is CCNC(=NCc1cccc(N2CC=CC2)c1)N1CCC(C)(C)C1.I. The molecule has 2 heterocycles. The summed E-state index contributed by atoms with van der Waals surface area (Å²) < 4.78 is 0. The number of nitrogens with one attached hydrogen (secondary N) is 1. The number of rotatable bonds is 4. The number of anilines is 1. The monoisotopic (exact) mass is 454 g/mol. The molecule has 1 aromatic carbocycles. The maximum absolute atomic E-state index is 4.90. The molecule has 0 amide bonds. The second-order valence-corrected chi connectivity index (χ2v) is 7.55. The first-order valence-electron chi connectivity index (χ1n) is 9.09. The van der Waals surface area contributed by atoms with Crippen LogP contribution < -0.4 is 10.2 Å². The van der Waals surface area contributed by atoms with E-state index in [9.17, 15) is 0 Å². The molecule has 1 fully saturated rings. The van der Waals surface area contributed by atoms with Gasteiger partial charge < -0.3 is 15.1 Å². The number of hydrogen-bond donors (Lipinski definition) is 1. The van der Waals surface area contributed by atoms with Gasteiger partial charge in [-0.25, -0.2) is 4.99 Å². The molecule has 1 saturated heterocycles. The van der Waals surface area contributed by atoms with Crippen molar-refractivity contribution in [1.82, 2.24) is 10.2 Å². The van der Waals surface area contributed by atoms with Crippen LogP contribution in [0.4, 0.5) is 5.69 Å². The van der Waals surface area contributed by atoms with E-state index in [1.165, 1.54) is 17.7 Å². The fourth-order valence-corrected chi connectivity index (χ4v) is 3.43. The van der Waals surface area contributed by atoms with Gasteiger partial charge in [0, 0.05) is 38.4 Å². The van der Waals surface area contributed by atoms with Crippen LogP contribution >= 0.6 is 24.0 Å². The molecule has 5 heteroatoms. The van der Waals surface area contributed by atoms with Crippen LogP contribution in [0.3, 0.4) is 0 Å². The molecule has 4 nitrogen and oxygen atoms in total. The maximum atomic E-state index is 4.90. The molecular weight excluding hydrogens is 423 g/mol. The van der Waals surface area contributed by atoms with E-state index >= 15 is 0 Å². The Bertz CT molecular complexity index is 616. The van der Waals surface area contributed by atoms with Gasteiger partial charge in [-0.15, -0.1) is 24.0 Å². The van der Waals surface area contributed by atoms with E-state index in [2.05, 4.69) is 72.3 Å². The van der Waals surface area contributed by atoms with Crippen molar-refractivity contribution in [2.24, 2.45) is 10.4 Å². The zero-order valence-electron chi connectivity index (χ0n) is 15.7. The second kappa shape index (κ2) is 8.92. The lowest BCUT2D eigenvalue weighted by molar-refractivity contribution is 0.370. The van der Waals surface area contributed by atoms with E-state index in [0.717, 1.165) is 45.2 Å². The van der Waals surface area contributed by atoms with E-state index in [4.69, 9.17) is 4.99 Å². The number of halogens is 1. The molecule has 0 saturated carbocycles. The van der Waals surface area contributed by atoms with Gasteiger partial charge in [0.25, 0.3) is 0 Å². The first kappa shape index (κ1) is 20.1. The molecule has 138 valence electrons. The third-order valence-electron chi connectivity index (χ3n) is 4.82. The highest BCUT2D eigenvalue weighted by Gasteiger charge is 2.30. The largest absolute Gasteiger partial charge is 0.364 e. The minimum Gasteiger partial charge on any atom is -0.364 e. The summed E-state index contributed by atoms with van der Waals surface area (Å²) in [6.07, 6.45) is 5.68. The van der Waals surface area contributed by atoms with E-state index in [-0.39, 0.29) is 24.0 Å². The summed E-state index contributed by atoms with van der Waals surface area (Å²) in [6, 6.07) is 8.78. The van der Waals surface area contributed by atoms with Gasteiger partial charge >= 0.3 is 0 Å². The normalized spacial score (nSPS) is 19.2. The summed E-state index contributed by atoms with van der Waals surface area (Å²) in [7, 11) is 0. The molecule has 0 radical (unpaired) electrons. The van der Waals surface area contributed by atoms with E-state index < -0.39 is 0 Å². The molecule has 0 bridgehead atoms. The van der Waals surface area contributed by atoms with Gasteiger partial charge in [-0.2, -0.15) is 0 Å². The van der Waals surface area contributed by atoms with Crippen LogP contribution in [0.1, 0.15) is 32.8 Å². The molecular formula is C20H31IN4. The van der Waals surface area contributed by atoms with Gasteiger partial charge in [0.2, 0.25) is 0 Å². The Morgan fingerprint density at radius 3 is 2.64 bits per heavy atom. The lowest BCUT2D eigenvalue weighted by Gasteiger charge is -2.24. The molecule has 25 heavy (non-hydrogen) atoms. The summed E-state index contributed by atoms with van der Waals surface area (Å²) in [5.74, 6) is 1.05. The Balaban J connectivity index is 0.00000225. The molecule has 0 unspecified atom stereocenters. The van der Waals surface area contributed by atoms with Gasteiger partial charge in [-0.1, -0.05) is 38.1 Å². The van der Waals surface area contributed by atoms with Gasteiger partial charge in [-0.05, 0) is 36.5 Å². The summed E-state index contributed by atoms with van der Waals surface area (Å²) in [5, 5.41) is 3.46. The molecule has 2 aliphatic rings. The summed E-state index contributed by atoms with van der Waals surface area (Å²) >= 11 is 0. The Labute approximate surface area is 169 Å². The zero-order chi connectivity index (χ0) is 17.0. The molecule has 0 aliphatic carbocycles. The first-order valence-corrected chi connectivity index (χ1v) is 9.09. The molecule has 1 N–H and O–H groups in total. The van der Waals surface area contributed by atoms with Crippen molar-refractivity contribution in [3.05, 3.63) is 42.0 Å². The van der Waals surface area contributed by atoms with Crippen LogP contribution in [0.25, 0.3) is 0 Å². The van der Waals surface area contributed by atoms with Crippen LogP contribution in [-0.4, -0.2) is 43.6 Å². The Morgan fingerprint density at radius 1 is 1.24 bits per heavy atom. The lowest BCUT2D eigenvalue weighted by atomic mass is 9.93. The number of hydrogen-bond acceptors (Lipinski definition) is 2. The van der Waals surface area contributed by atoms with Crippen LogP contribution in [0, 0.1) is 5.41 Å². The first-order chi connectivity index (χ1) is 11.6. The molecule has 0 atom stereocenters. The van der Waals surface area contributed by atoms with Gasteiger partial charge in [0.1, 0.15) is 0 Å². The van der Waals surface area contributed by atoms with Crippen molar-refractivity contribution in [1.29, 1.82) is 0 Å².